The van der Waals surface area contributed by atoms with Crippen LogP contribution >= 0.6 is 0 Å². The van der Waals surface area contributed by atoms with Crippen molar-refractivity contribution in [2.75, 3.05) is 11.4 Å². The molecular formula is C17H19N3O2. The highest BCUT2D eigenvalue weighted by molar-refractivity contribution is 5.95. The third kappa shape index (κ3) is 2.31. The monoisotopic (exact) mass is 297 g/mol. The van der Waals surface area contributed by atoms with Crippen LogP contribution in [0.2, 0.25) is 0 Å². The number of rotatable bonds is 3. The van der Waals surface area contributed by atoms with Crippen LogP contribution in [0, 0.1) is 0 Å². The van der Waals surface area contributed by atoms with E-state index in [0.29, 0.717) is 12.5 Å². The van der Waals surface area contributed by atoms with Gasteiger partial charge >= 0.3 is 0 Å². The van der Waals surface area contributed by atoms with Crippen molar-refractivity contribution in [3.05, 3.63) is 48.7 Å². The molecule has 4 heterocycles. The van der Waals surface area contributed by atoms with Gasteiger partial charge in [-0.25, -0.2) is 0 Å². The predicted octanol–water partition coefficient (Wildman–Crippen LogP) is 2.44. The first kappa shape index (κ1) is 13.5. The van der Waals surface area contributed by atoms with Crippen molar-refractivity contribution in [2.24, 2.45) is 0 Å². The number of fused-ring (bicyclic) bond motifs is 1. The molecule has 0 unspecified atom stereocenters. The molecule has 0 saturated carbocycles. The number of carbonyl (C=O) groups is 1. The molecule has 0 radical (unpaired) electrons. The summed E-state index contributed by atoms with van der Waals surface area (Å²) in [5, 5.41) is 0. The van der Waals surface area contributed by atoms with Gasteiger partial charge in [-0.2, -0.15) is 0 Å². The molecule has 22 heavy (non-hydrogen) atoms. The van der Waals surface area contributed by atoms with Crippen LogP contribution in [0.4, 0.5) is 5.69 Å². The maximum absolute atomic E-state index is 12.4. The topological polar surface area (TPSA) is 49.6 Å². The van der Waals surface area contributed by atoms with E-state index in [1.165, 1.54) is 0 Å². The van der Waals surface area contributed by atoms with Crippen LogP contribution in [0.3, 0.4) is 0 Å². The van der Waals surface area contributed by atoms with Gasteiger partial charge in [0, 0.05) is 25.2 Å². The molecule has 0 N–H and O–H groups in total. The Kier molecular flexibility index (Phi) is 3.42. The third-order valence-corrected chi connectivity index (χ3v) is 4.74. The number of amides is 1. The molecule has 0 bridgehead atoms. The number of hydrogen-bond donors (Lipinski definition) is 0. The fourth-order valence-corrected chi connectivity index (χ4v) is 3.78. The molecule has 2 aromatic rings. The Hall–Kier alpha value is -2.14. The van der Waals surface area contributed by atoms with Gasteiger partial charge in [0.2, 0.25) is 5.91 Å². The lowest BCUT2D eigenvalue weighted by Crippen LogP contribution is -2.52. The lowest BCUT2D eigenvalue weighted by atomic mass is 9.95. The lowest BCUT2D eigenvalue weighted by Gasteiger charge is -2.39. The molecule has 0 aromatic carbocycles. The Morgan fingerprint density at radius 3 is 2.95 bits per heavy atom. The van der Waals surface area contributed by atoms with E-state index >= 15 is 0 Å². The second-order valence-corrected chi connectivity index (χ2v) is 5.99. The molecule has 2 aliphatic rings. The molecule has 1 amide bonds. The number of anilines is 1. The standard InChI is InChI=1S/C17H19N3O2/c21-17-6-5-15-16(20(17)13-3-1-8-18-11-13)7-9-19(15)12-14-4-2-10-22-14/h1-4,8,10-11,15-16H,5-7,9,12H2/t15-,16-/m1/s1. The normalized spacial score (nSPS) is 25.5. The van der Waals surface area contributed by atoms with E-state index in [0.717, 1.165) is 37.4 Å². The van der Waals surface area contributed by atoms with E-state index < -0.39 is 0 Å². The van der Waals surface area contributed by atoms with Gasteiger partial charge in [0.15, 0.2) is 0 Å². The number of aromatic nitrogens is 1. The Bertz CT molecular complexity index is 641. The van der Waals surface area contributed by atoms with Gasteiger partial charge in [-0.15, -0.1) is 0 Å². The Labute approximate surface area is 129 Å². The zero-order chi connectivity index (χ0) is 14.9. The second-order valence-electron chi connectivity index (χ2n) is 5.99. The number of carbonyl (C=O) groups excluding carboxylic acids is 1. The van der Waals surface area contributed by atoms with E-state index in [9.17, 15) is 4.79 Å². The van der Waals surface area contributed by atoms with Crippen LogP contribution in [0.25, 0.3) is 0 Å². The first-order chi connectivity index (χ1) is 10.8. The molecule has 0 aliphatic carbocycles. The zero-order valence-electron chi connectivity index (χ0n) is 12.4. The van der Waals surface area contributed by atoms with Gasteiger partial charge in [0.25, 0.3) is 0 Å². The minimum Gasteiger partial charge on any atom is -0.468 e. The summed E-state index contributed by atoms with van der Waals surface area (Å²) < 4.78 is 5.48. The molecule has 2 aromatic heterocycles. The largest absolute Gasteiger partial charge is 0.468 e. The first-order valence-electron chi connectivity index (χ1n) is 7.81. The highest BCUT2D eigenvalue weighted by Gasteiger charge is 2.43. The summed E-state index contributed by atoms with van der Waals surface area (Å²) in [6.07, 6.45) is 7.79. The van der Waals surface area contributed by atoms with Crippen LogP contribution in [0.1, 0.15) is 25.0 Å². The van der Waals surface area contributed by atoms with Gasteiger partial charge in [0.05, 0.1) is 30.7 Å². The van der Waals surface area contributed by atoms with E-state index in [2.05, 4.69) is 9.88 Å². The number of hydrogen-bond acceptors (Lipinski definition) is 4. The average Bonchev–Trinajstić information content (AvgIpc) is 3.19. The first-order valence-corrected chi connectivity index (χ1v) is 7.81. The average molecular weight is 297 g/mol. The molecule has 0 spiro atoms. The maximum Gasteiger partial charge on any atom is 0.227 e. The van der Waals surface area contributed by atoms with Crippen LogP contribution in [0.5, 0.6) is 0 Å². The van der Waals surface area contributed by atoms with Crippen LogP contribution in [-0.4, -0.2) is 34.4 Å². The molecule has 2 fully saturated rings. The van der Waals surface area contributed by atoms with Crippen molar-refractivity contribution in [1.82, 2.24) is 9.88 Å². The van der Waals surface area contributed by atoms with E-state index in [1.807, 2.05) is 29.2 Å². The minimum absolute atomic E-state index is 0.217. The molecule has 2 aliphatic heterocycles. The molecule has 4 rings (SSSR count). The van der Waals surface area contributed by atoms with Crippen LogP contribution < -0.4 is 4.90 Å². The SMILES string of the molecule is O=C1CC[C@@H]2[C@@H](CCN2Cc2ccco2)N1c1cccnc1. The number of likely N-dealkylation sites (tertiary alicyclic amines) is 1. The maximum atomic E-state index is 12.4. The smallest absolute Gasteiger partial charge is 0.227 e. The molecule has 2 atom stereocenters. The van der Waals surface area contributed by atoms with Gasteiger partial charge in [0.1, 0.15) is 5.76 Å². The summed E-state index contributed by atoms with van der Waals surface area (Å²) in [6.45, 7) is 1.82. The van der Waals surface area contributed by atoms with Gasteiger partial charge in [-0.3, -0.25) is 14.7 Å². The van der Waals surface area contributed by atoms with Crippen LogP contribution in [-0.2, 0) is 11.3 Å². The third-order valence-electron chi connectivity index (χ3n) is 4.74. The summed E-state index contributed by atoms with van der Waals surface area (Å²) in [6, 6.07) is 8.46. The number of piperidine rings is 1. The minimum atomic E-state index is 0.217. The summed E-state index contributed by atoms with van der Waals surface area (Å²) >= 11 is 0. The van der Waals surface area contributed by atoms with Crippen molar-refractivity contribution in [3.63, 3.8) is 0 Å². The van der Waals surface area contributed by atoms with E-state index in [4.69, 9.17) is 4.42 Å². The zero-order valence-corrected chi connectivity index (χ0v) is 12.4. The summed E-state index contributed by atoms with van der Waals surface area (Å²) in [5.74, 6) is 1.21. The highest BCUT2D eigenvalue weighted by Crippen LogP contribution is 2.35. The molecule has 2 saturated heterocycles. The van der Waals surface area contributed by atoms with Crippen molar-refractivity contribution >= 4 is 11.6 Å². The van der Waals surface area contributed by atoms with Crippen molar-refractivity contribution < 1.29 is 9.21 Å². The Balaban J connectivity index is 1.57. The Morgan fingerprint density at radius 1 is 1.23 bits per heavy atom. The fraction of sp³-hybridized carbons (Fsp3) is 0.412. The van der Waals surface area contributed by atoms with Crippen LogP contribution in [0.15, 0.2) is 47.3 Å². The summed E-state index contributed by atoms with van der Waals surface area (Å²) in [5.41, 5.74) is 0.919. The molecular weight excluding hydrogens is 278 g/mol. The van der Waals surface area contributed by atoms with Crippen molar-refractivity contribution in [3.8, 4) is 0 Å². The molecule has 114 valence electrons. The summed E-state index contributed by atoms with van der Waals surface area (Å²) in [7, 11) is 0. The predicted molar refractivity (Wildman–Crippen MR) is 82.3 cm³/mol. The Morgan fingerprint density at radius 2 is 2.18 bits per heavy atom. The van der Waals surface area contributed by atoms with Gasteiger partial charge in [-0.1, -0.05) is 0 Å². The van der Waals surface area contributed by atoms with Crippen molar-refractivity contribution in [1.29, 1.82) is 0 Å². The number of nitrogens with zero attached hydrogens (tertiary/aromatic N) is 3. The van der Waals surface area contributed by atoms with Crippen molar-refractivity contribution in [2.45, 2.75) is 37.9 Å². The van der Waals surface area contributed by atoms with Gasteiger partial charge < -0.3 is 9.32 Å². The lowest BCUT2D eigenvalue weighted by molar-refractivity contribution is -0.120. The second kappa shape index (κ2) is 5.57. The van der Waals surface area contributed by atoms with E-state index in [-0.39, 0.29) is 11.9 Å². The van der Waals surface area contributed by atoms with Gasteiger partial charge in [-0.05, 0) is 37.1 Å². The molecule has 5 nitrogen and oxygen atoms in total. The number of furan rings is 1. The highest BCUT2D eigenvalue weighted by atomic mass is 16.3. The quantitative estimate of drug-likeness (QED) is 0.873. The molecule has 5 heteroatoms. The number of pyridine rings is 1. The summed E-state index contributed by atoms with van der Waals surface area (Å²) in [4.78, 5) is 21.0. The van der Waals surface area contributed by atoms with E-state index in [1.54, 1.807) is 18.7 Å². The fourth-order valence-electron chi connectivity index (χ4n) is 3.78.